The van der Waals surface area contributed by atoms with Crippen LogP contribution < -0.4 is 5.73 Å². The number of halogens is 1. The smallest absolute Gasteiger partial charge is 0.180 e. The molecule has 0 bridgehead atoms. The molecule has 0 atom stereocenters. The third-order valence-electron chi connectivity index (χ3n) is 1.41. The lowest BCUT2D eigenvalue weighted by molar-refractivity contribution is 1.09. The Morgan fingerprint density at radius 3 is 3.00 bits per heavy atom. The molecule has 2 rings (SSSR count). The summed E-state index contributed by atoms with van der Waals surface area (Å²) in [4.78, 5) is 7.95. The van der Waals surface area contributed by atoms with Gasteiger partial charge in [0, 0.05) is 12.4 Å². The highest BCUT2D eigenvalue weighted by Gasteiger charge is 2.01. The fourth-order valence-electron chi connectivity index (χ4n) is 0.908. The van der Waals surface area contributed by atoms with E-state index in [4.69, 9.17) is 5.73 Å². The molecule has 0 aliphatic rings. The molecule has 56 valence electrons. The molecule has 0 saturated heterocycles. The predicted molar refractivity (Wildman–Crippen MR) is 45.1 cm³/mol. The standard InChI is InChI=1S/C6H5BrN4/c7-4-3-10-5(8)6-9-1-2-11(4)6/h1-3H,(H2,8,10). The van der Waals surface area contributed by atoms with Gasteiger partial charge in [-0.1, -0.05) is 0 Å². The zero-order chi connectivity index (χ0) is 7.84. The lowest BCUT2D eigenvalue weighted by Crippen LogP contribution is -1.96. The number of imidazole rings is 1. The molecule has 2 heterocycles. The van der Waals surface area contributed by atoms with Crippen molar-refractivity contribution in [2.45, 2.75) is 0 Å². The van der Waals surface area contributed by atoms with Gasteiger partial charge in [0.25, 0.3) is 0 Å². The van der Waals surface area contributed by atoms with E-state index in [0.717, 1.165) is 4.60 Å². The summed E-state index contributed by atoms with van der Waals surface area (Å²) in [5.74, 6) is 0.443. The first-order valence-corrected chi connectivity index (χ1v) is 3.81. The Hall–Kier alpha value is -1.10. The number of nitrogens with two attached hydrogens (primary N) is 1. The van der Waals surface area contributed by atoms with Crippen molar-refractivity contribution in [3.05, 3.63) is 23.2 Å². The van der Waals surface area contributed by atoms with Crippen molar-refractivity contribution in [1.29, 1.82) is 0 Å². The maximum atomic E-state index is 5.55. The van der Waals surface area contributed by atoms with Gasteiger partial charge in [-0.05, 0) is 15.9 Å². The van der Waals surface area contributed by atoms with Crippen molar-refractivity contribution < 1.29 is 0 Å². The lowest BCUT2D eigenvalue weighted by Gasteiger charge is -1.97. The Balaban J connectivity index is 2.96. The molecule has 0 unspecified atom stereocenters. The molecule has 0 aliphatic carbocycles. The summed E-state index contributed by atoms with van der Waals surface area (Å²) in [6.07, 6.45) is 5.14. The summed E-state index contributed by atoms with van der Waals surface area (Å²) in [7, 11) is 0. The highest BCUT2D eigenvalue weighted by molar-refractivity contribution is 9.10. The van der Waals surface area contributed by atoms with Crippen molar-refractivity contribution >= 4 is 27.4 Å². The van der Waals surface area contributed by atoms with Crippen LogP contribution >= 0.6 is 15.9 Å². The summed E-state index contributed by atoms with van der Waals surface area (Å²) in [5, 5.41) is 0. The van der Waals surface area contributed by atoms with E-state index in [1.54, 1.807) is 12.4 Å². The quantitative estimate of drug-likeness (QED) is 0.712. The first kappa shape index (κ1) is 6.60. The largest absolute Gasteiger partial charge is 0.381 e. The fraction of sp³-hybridized carbons (Fsp3) is 0. The molecule has 0 spiro atoms. The molecule has 11 heavy (non-hydrogen) atoms. The minimum absolute atomic E-state index is 0.443. The van der Waals surface area contributed by atoms with E-state index in [1.165, 1.54) is 0 Å². The number of anilines is 1. The number of hydrogen-bond acceptors (Lipinski definition) is 3. The highest BCUT2D eigenvalue weighted by atomic mass is 79.9. The SMILES string of the molecule is Nc1ncc(Br)n2ccnc12. The number of nitrogen functional groups attached to an aromatic ring is 1. The van der Waals surface area contributed by atoms with E-state index < -0.39 is 0 Å². The van der Waals surface area contributed by atoms with E-state index in [1.807, 2.05) is 10.6 Å². The van der Waals surface area contributed by atoms with Crippen LogP contribution in [0, 0.1) is 0 Å². The molecular weight excluding hydrogens is 208 g/mol. The van der Waals surface area contributed by atoms with Gasteiger partial charge in [0.05, 0.1) is 6.20 Å². The number of nitrogens with zero attached hydrogens (tertiary/aromatic N) is 3. The first-order valence-electron chi connectivity index (χ1n) is 3.02. The number of rotatable bonds is 0. The summed E-state index contributed by atoms with van der Waals surface area (Å²) in [6, 6.07) is 0. The maximum Gasteiger partial charge on any atom is 0.180 e. The van der Waals surface area contributed by atoms with Crippen molar-refractivity contribution in [2.24, 2.45) is 0 Å². The Bertz CT molecular complexity index is 358. The molecule has 5 heteroatoms. The van der Waals surface area contributed by atoms with Crippen LogP contribution in [0.4, 0.5) is 5.82 Å². The molecule has 0 fully saturated rings. The van der Waals surface area contributed by atoms with Crippen LogP contribution in [0.15, 0.2) is 23.2 Å². The van der Waals surface area contributed by atoms with Gasteiger partial charge in [-0.2, -0.15) is 0 Å². The molecule has 2 aromatic heterocycles. The predicted octanol–water partition coefficient (Wildman–Crippen LogP) is 1.07. The Labute approximate surface area is 71.2 Å². The van der Waals surface area contributed by atoms with E-state index >= 15 is 0 Å². The van der Waals surface area contributed by atoms with Gasteiger partial charge < -0.3 is 5.73 Å². The van der Waals surface area contributed by atoms with Gasteiger partial charge in [-0.25, -0.2) is 9.97 Å². The number of fused-ring (bicyclic) bond motifs is 1. The molecule has 2 N–H and O–H groups in total. The topological polar surface area (TPSA) is 56.2 Å². The van der Waals surface area contributed by atoms with E-state index in [2.05, 4.69) is 25.9 Å². The Morgan fingerprint density at radius 1 is 1.45 bits per heavy atom. The van der Waals surface area contributed by atoms with Crippen molar-refractivity contribution in [3.63, 3.8) is 0 Å². The molecule has 0 aromatic carbocycles. The van der Waals surface area contributed by atoms with E-state index in [-0.39, 0.29) is 0 Å². The van der Waals surface area contributed by atoms with Gasteiger partial charge in [0.2, 0.25) is 0 Å². The third kappa shape index (κ3) is 0.883. The molecular formula is C6H5BrN4. The van der Waals surface area contributed by atoms with Crippen LogP contribution in [0.25, 0.3) is 5.65 Å². The lowest BCUT2D eigenvalue weighted by atomic mass is 10.6. The summed E-state index contributed by atoms with van der Waals surface area (Å²) >= 11 is 3.32. The van der Waals surface area contributed by atoms with E-state index in [0.29, 0.717) is 11.5 Å². The summed E-state index contributed by atoms with van der Waals surface area (Å²) in [6.45, 7) is 0. The Kier molecular flexibility index (Phi) is 1.32. The highest BCUT2D eigenvalue weighted by Crippen LogP contribution is 2.14. The van der Waals surface area contributed by atoms with Gasteiger partial charge in [-0.15, -0.1) is 0 Å². The molecule has 0 saturated carbocycles. The minimum atomic E-state index is 0.443. The monoisotopic (exact) mass is 212 g/mol. The van der Waals surface area contributed by atoms with Gasteiger partial charge in [0.1, 0.15) is 4.60 Å². The molecule has 4 nitrogen and oxygen atoms in total. The van der Waals surface area contributed by atoms with Crippen LogP contribution in [-0.4, -0.2) is 14.4 Å². The van der Waals surface area contributed by atoms with Crippen LogP contribution in [0.2, 0.25) is 0 Å². The number of aromatic nitrogens is 3. The number of hydrogen-bond donors (Lipinski definition) is 1. The van der Waals surface area contributed by atoms with Crippen LogP contribution in [0.1, 0.15) is 0 Å². The molecule has 0 radical (unpaired) electrons. The maximum absolute atomic E-state index is 5.55. The van der Waals surface area contributed by atoms with Crippen LogP contribution in [0.3, 0.4) is 0 Å². The average molecular weight is 213 g/mol. The summed E-state index contributed by atoms with van der Waals surface area (Å²) < 4.78 is 2.67. The van der Waals surface area contributed by atoms with Crippen LogP contribution in [0.5, 0.6) is 0 Å². The zero-order valence-electron chi connectivity index (χ0n) is 5.53. The zero-order valence-corrected chi connectivity index (χ0v) is 7.12. The minimum Gasteiger partial charge on any atom is -0.381 e. The first-order chi connectivity index (χ1) is 5.29. The fourth-order valence-corrected chi connectivity index (χ4v) is 1.30. The second-order valence-corrected chi connectivity index (χ2v) is 2.90. The molecule has 0 amide bonds. The van der Waals surface area contributed by atoms with Crippen molar-refractivity contribution in [2.75, 3.05) is 5.73 Å². The van der Waals surface area contributed by atoms with Crippen LogP contribution in [-0.2, 0) is 0 Å². The van der Waals surface area contributed by atoms with Gasteiger partial charge in [0.15, 0.2) is 11.5 Å². The van der Waals surface area contributed by atoms with Crippen molar-refractivity contribution in [1.82, 2.24) is 14.4 Å². The van der Waals surface area contributed by atoms with Gasteiger partial charge in [-0.3, -0.25) is 4.40 Å². The molecule has 2 aromatic rings. The Morgan fingerprint density at radius 2 is 2.27 bits per heavy atom. The van der Waals surface area contributed by atoms with E-state index in [9.17, 15) is 0 Å². The second-order valence-electron chi connectivity index (χ2n) is 2.09. The summed E-state index contributed by atoms with van der Waals surface area (Å²) in [5.41, 5.74) is 6.23. The average Bonchev–Trinajstić information content (AvgIpc) is 2.45. The molecule has 0 aliphatic heterocycles. The second kappa shape index (κ2) is 2.20. The van der Waals surface area contributed by atoms with Crippen molar-refractivity contribution in [3.8, 4) is 0 Å². The normalized spacial score (nSPS) is 10.6. The third-order valence-corrected chi connectivity index (χ3v) is 2.00. The van der Waals surface area contributed by atoms with Gasteiger partial charge >= 0.3 is 0 Å².